The summed E-state index contributed by atoms with van der Waals surface area (Å²) in [6.45, 7) is 0. The molecule has 0 aromatic heterocycles. The molecule has 0 amide bonds. The molecule has 6 nitrogen and oxygen atoms in total. The van der Waals surface area contributed by atoms with Crippen molar-refractivity contribution in [2.24, 2.45) is 4.40 Å². The molecule has 1 heterocycles. The molecule has 2 aromatic carbocycles. The lowest BCUT2D eigenvalue weighted by atomic mass is 9.83. The highest BCUT2D eigenvalue weighted by Gasteiger charge is 2.40. The van der Waals surface area contributed by atoms with Crippen molar-refractivity contribution in [3.63, 3.8) is 0 Å². The van der Waals surface area contributed by atoms with Gasteiger partial charge in [-0.2, -0.15) is 12.8 Å². The maximum absolute atomic E-state index is 12.9. The Balaban J connectivity index is 0.00000182. The topological polar surface area (TPSA) is 102 Å². The number of rotatable bonds is 2. The van der Waals surface area contributed by atoms with Crippen LogP contribution in [0.1, 0.15) is 21.5 Å². The van der Waals surface area contributed by atoms with Gasteiger partial charge in [-0.3, -0.25) is 4.79 Å². The third kappa shape index (κ3) is 2.35. The summed E-state index contributed by atoms with van der Waals surface area (Å²) in [5, 5.41) is 2.89. The fourth-order valence-electron chi connectivity index (χ4n) is 3.15. The number of hydrogen-bond acceptors (Lipinski definition) is 5. The molecule has 128 valence electrons. The van der Waals surface area contributed by atoms with Gasteiger partial charge in [-0.15, -0.1) is 12.4 Å². The Hall–Kier alpha value is -2.64. The first-order valence-electron chi connectivity index (χ1n) is 7.25. The van der Waals surface area contributed by atoms with Crippen molar-refractivity contribution in [2.45, 2.75) is 4.90 Å². The number of nitrogens with two attached hydrogens (primary N) is 1. The standard InChI is InChI=1S/C17H13N3O3S.ClH/c1-19-16-13(9-4-2-5-10(18)8-9)15-14-11(17(16)21)6-3-7-12(14)24(22,23)20-15;/h2-8,19H,18H2,1H3;1H. The lowest BCUT2D eigenvalue weighted by Crippen LogP contribution is -2.27. The molecule has 0 bridgehead atoms. The summed E-state index contributed by atoms with van der Waals surface area (Å²) in [5.41, 5.74) is 8.77. The lowest BCUT2D eigenvalue weighted by Gasteiger charge is -2.22. The average Bonchev–Trinajstić information content (AvgIpc) is 2.83. The highest BCUT2D eigenvalue weighted by molar-refractivity contribution is 7.90. The van der Waals surface area contributed by atoms with E-state index in [0.29, 0.717) is 33.6 Å². The van der Waals surface area contributed by atoms with Gasteiger partial charge in [0.25, 0.3) is 10.0 Å². The van der Waals surface area contributed by atoms with Gasteiger partial charge in [0, 0.05) is 29.4 Å². The van der Waals surface area contributed by atoms with Gasteiger partial charge in [0.05, 0.1) is 16.3 Å². The zero-order chi connectivity index (χ0) is 17.1. The van der Waals surface area contributed by atoms with Gasteiger partial charge < -0.3 is 11.1 Å². The zero-order valence-electron chi connectivity index (χ0n) is 13.1. The van der Waals surface area contributed by atoms with Crippen LogP contribution in [0.15, 0.2) is 57.5 Å². The van der Waals surface area contributed by atoms with E-state index < -0.39 is 10.0 Å². The first kappa shape index (κ1) is 17.2. The number of nitrogens with zero attached hydrogens (tertiary/aromatic N) is 1. The average molecular weight is 376 g/mol. The van der Waals surface area contributed by atoms with Crippen LogP contribution >= 0.6 is 12.4 Å². The molecule has 25 heavy (non-hydrogen) atoms. The number of anilines is 1. The molecule has 0 spiro atoms. The second kappa shape index (κ2) is 5.72. The van der Waals surface area contributed by atoms with Crippen LogP contribution in [0.2, 0.25) is 0 Å². The van der Waals surface area contributed by atoms with E-state index in [2.05, 4.69) is 9.71 Å². The normalized spacial score (nSPS) is 16.8. The summed E-state index contributed by atoms with van der Waals surface area (Å²) in [5.74, 6) is -0.261. The second-order valence-corrected chi connectivity index (χ2v) is 7.12. The number of Topliss-reactive ketones (excluding diaryl/α,β-unsaturated/α-hetero) is 1. The third-order valence-electron chi connectivity index (χ3n) is 4.14. The van der Waals surface area contributed by atoms with E-state index in [4.69, 9.17) is 5.73 Å². The van der Waals surface area contributed by atoms with Crippen molar-refractivity contribution in [3.8, 4) is 0 Å². The molecular weight excluding hydrogens is 362 g/mol. The Bertz CT molecular complexity index is 1090. The molecular formula is C17H14ClN3O3S. The lowest BCUT2D eigenvalue weighted by molar-refractivity contribution is 0.102. The van der Waals surface area contributed by atoms with Crippen LogP contribution in [0.5, 0.6) is 0 Å². The van der Waals surface area contributed by atoms with Crippen LogP contribution in [0.4, 0.5) is 5.69 Å². The summed E-state index contributed by atoms with van der Waals surface area (Å²) >= 11 is 0. The van der Waals surface area contributed by atoms with Crippen molar-refractivity contribution in [1.29, 1.82) is 0 Å². The number of allylic oxidation sites excluding steroid dienone is 2. The zero-order valence-corrected chi connectivity index (χ0v) is 14.7. The van der Waals surface area contributed by atoms with Crippen molar-refractivity contribution in [3.05, 3.63) is 64.9 Å². The maximum atomic E-state index is 12.9. The number of halogens is 1. The molecule has 2 aromatic rings. The molecule has 0 unspecified atom stereocenters. The fraction of sp³-hybridized carbons (Fsp3) is 0.0588. The number of nitrogen functional groups attached to an aromatic ring is 1. The second-order valence-electron chi connectivity index (χ2n) is 5.55. The first-order valence-corrected chi connectivity index (χ1v) is 8.69. The summed E-state index contributed by atoms with van der Waals surface area (Å²) in [4.78, 5) is 12.9. The molecule has 1 aliphatic heterocycles. The van der Waals surface area contributed by atoms with Gasteiger partial charge in [-0.1, -0.05) is 24.3 Å². The van der Waals surface area contributed by atoms with Gasteiger partial charge in [0.1, 0.15) is 0 Å². The largest absolute Gasteiger partial charge is 0.399 e. The number of sulfonamides is 1. The summed E-state index contributed by atoms with van der Waals surface area (Å²) in [6.07, 6.45) is 0. The van der Waals surface area contributed by atoms with Crippen molar-refractivity contribution < 1.29 is 13.2 Å². The maximum Gasteiger partial charge on any atom is 0.283 e. The molecule has 3 N–H and O–H groups in total. The van der Waals surface area contributed by atoms with Gasteiger partial charge in [0.2, 0.25) is 5.78 Å². The van der Waals surface area contributed by atoms with Crippen molar-refractivity contribution in [2.75, 3.05) is 12.8 Å². The minimum atomic E-state index is -3.81. The van der Waals surface area contributed by atoms with Gasteiger partial charge >= 0.3 is 0 Å². The predicted molar refractivity (Wildman–Crippen MR) is 98.6 cm³/mol. The van der Waals surface area contributed by atoms with E-state index >= 15 is 0 Å². The number of carbonyl (C=O) groups is 1. The van der Waals surface area contributed by atoms with E-state index in [1.54, 1.807) is 43.4 Å². The fourth-order valence-corrected chi connectivity index (χ4v) is 4.38. The van der Waals surface area contributed by atoms with E-state index in [9.17, 15) is 13.2 Å². The van der Waals surface area contributed by atoms with Gasteiger partial charge in [-0.05, 0) is 23.8 Å². The first-order chi connectivity index (χ1) is 11.4. The van der Waals surface area contributed by atoms with E-state index in [-0.39, 0.29) is 28.8 Å². The minimum Gasteiger partial charge on any atom is -0.399 e. The Morgan fingerprint density at radius 2 is 1.84 bits per heavy atom. The Morgan fingerprint density at radius 1 is 1.12 bits per heavy atom. The van der Waals surface area contributed by atoms with Crippen molar-refractivity contribution in [1.82, 2.24) is 5.32 Å². The monoisotopic (exact) mass is 375 g/mol. The smallest absolute Gasteiger partial charge is 0.283 e. The number of carbonyl (C=O) groups excluding carboxylic acids is 1. The number of nitrogens with one attached hydrogen (secondary N) is 1. The molecule has 0 fully saturated rings. The van der Waals surface area contributed by atoms with Crippen LogP contribution in [0, 0.1) is 0 Å². The highest BCUT2D eigenvalue weighted by atomic mass is 35.5. The van der Waals surface area contributed by atoms with Crippen LogP contribution in [0.3, 0.4) is 0 Å². The van der Waals surface area contributed by atoms with E-state index in [1.807, 2.05) is 0 Å². The van der Waals surface area contributed by atoms with Crippen LogP contribution in [-0.2, 0) is 10.0 Å². The molecule has 0 radical (unpaired) electrons. The minimum absolute atomic E-state index is 0. The predicted octanol–water partition coefficient (Wildman–Crippen LogP) is 2.01. The number of likely N-dealkylation sites (N-methyl/N-ethyl adjacent to an activating group) is 1. The Morgan fingerprint density at radius 3 is 2.52 bits per heavy atom. The van der Waals surface area contributed by atoms with Gasteiger partial charge in [-0.25, -0.2) is 0 Å². The molecule has 4 rings (SSSR count). The van der Waals surface area contributed by atoms with Crippen LogP contribution in [-0.4, -0.2) is 27.0 Å². The summed E-state index contributed by atoms with van der Waals surface area (Å²) in [6, 6.07) is 11.6. The van der Waals surface area contributed by atoms with E-state index in [1.165, 1.54) is 6.07 Å². The molecule has 0 atom stereocenters. The van der Waals surface area contributed by atoms with E-state index in [0.717, 1.165) is 0 Å². The van der Waals surface area contributed by atoms with Crippen LogP contribution in [0.25, 0.3) is 5.57 Å². The Kier molecular flexibility index (Phi) is 3.93. The number of ketones is 1. The quantitative estimate of drug-likeness (QED) is 0.782. The molecule has 1 aliphatic carbocycles. The van der Waals surface area contributed by atoms with Crippen molar-refractivity contribution >= 4 is 45.2 Å². The molecule has 2 aliphatic rings. The molecule has 0 saturated carbocycles. The highest BCUT2D eigenvalue weighted by Crippen LogP contribution is 2.40. The van der Waals surface area contributed by atoms with Crippen LogP contribution < -0.4 is 11.1 Å². The third-order valence-corrected chi connectivity index (χ3v) is 5.46. The number of benzene rings is 2. The summed E-state index contributed by atoms with van der Waals surface area (Å²) < 4.78 is 28.7. The van der Waals surface area contributed by atoms with Gasteiger partial charge in [0.15, 0.2) is 0 Å². The summed E-state index contributed by atoms with van der Waals surface area (Å²) in [7, 11) is -2.19. The SMILES string of the molecule is CNC1=C(c2cccc(N)c2)C2=NS(=O)(=O)c3cccc(c32)C1=O.Cl. The Labute approximate surface area is 150 Å². The molecule has 0 saturated heterocycles. The molecule has 8 heteroatoms. The number of hydrogen-bond donors (Lipinski definition) is 2.